The molecule has 0 aromatic carbocycles. The van der Waals surface area contributed by atoms with E-state index in [1.165, 1.54) is 0 Å². The number of nitrogens with two attached hydrogens (primary N) is 1. The normalized spacial score (nSPS) is 25.6. The van der Waals surface area contributed by atoms with Gasteiger partial charge >= 0.3 is 5.97 Å². The van der Waals surface area contributed by atoms with E-state index in [-0.39, 0.29) is 12.5 Å². The standard InChI is InChI=1S/C8H15NO3/c9-7(1-2-8(10)11)6-3-4-12-5-6/h6-7H,1-5,9H2,(H,10,11). The van der Waals surface area contributed by atoms with Crippen LogP contribution < -0.4 is 5.73 Å². The van der Waals surface area contributed by atoms with Gasteiger partial charge in [-0.15, -0.1) is 0 Å². The van der Waals surface area contributed by atoms with Crippen LogP contribution in [-0.2, 0) is 9.53 Å². The van der Waals surface area contributed by atoms with Crippen LogP contribution >= 0.6 is 0 Å². The van der Waals surface area contributed by atoms with Crippen molar-refractivity contribution in [3.8, 4) is 0 Å². The zero-order chi connectivity index (χ0) is 8.97. The Hall–Kier alpha value is -0.610. The van der Waals surface area contributed by atoms with E-state index in [0.29, 0.717) is 18.9 Å². The second-order valence-corrected chi connectivity index (χ2v) is 3.22. The molecule has 0 aromatic heterocycles. The summed E-state index contributed by atoms with van der Waals surface area (Å²) >= 11 is 0. The molecule has 0 amide bonds. The first-order chi connectivity index (χ1) is 5.70. The fraction of sp³-hybridized carbons (Fsp3) is 0.875. The van der Waals surface area contributed by atoms with Crippen molar-refractivity contribution in [2.45, 2.75) is 25.3 Å². The maximum absolute atomic E-state index is 10.2. The first-order valence-electron chi connectivity index (χ1n) is 4.25. The molecule has 70 valence electrons. The van der Waals surface area contributed by atoms with E-state index in [0.717, 1.165) is 13.0 Å². The van der Waals surface area contributed by atoms with E-state index in [4.69, 9.17) is 15.6 Å². The Morgan fingerprint density at radius 2 is 2.50 bits per heavy atom. The number of ether oxygens (including phenoxy) is 1. The van der Waals surface area contributed by atoms with E-state index in [9.17, 15) is 4.79 Å². The van der Waals surface area contributed by atoms with Gasteiger partial charge in [-0.3, -0.25) is 4.79 Å². The maximum atomic E-state index is 10.2. The van der Waals surface area contributed by atoms with Crippen molar-refractivity contribution in [3.63, 3.8) is 0 Å². The van der Waals surface area contributed by atoms with Crippen molar-refractivity contribution < 1.29 is 14.6 Å². The van der Waals surface area contributed by atoms with Crippen molar-refractivity contribution in [1.29, 1.82) is 0 Å². The zero-order valence-corrected chi connectivity index (χ0v) is 7.03. The van der Waals surface area contributed by atoms with Gasteiger partial charge in [0.25, 0.3) is 0 Å². The predicted molar refractivity (Wildman–Crippen MR) is 43.8 cm³/mol. The molecule has 4 heteroatoms. The lowest BCUT2D eigenvalue weighted by Gasteiger charge is -2.15. The van der Waals surface area contributed by atoms with Crippen LogP contribution in [0.15, 0.2) is 0 Å². The van der Waals surface area contributed by atoms with Crippen molar-refractivity contribution in [3.05, 3.63) is 0 Å². The summed E-state index contributed by atoms with van der Waals surface area (Å²) in [4.78, 5) is 10.2. The third-order valence-electron chi connectivity index (χ3n) is 2.26. The largest absolute Gasteiger partial charge is 0.481 e. The molecule has 1 aliphatic heterocycles. The van der Waals surface area contributed by atoms with Gasteiger partial charge in [0.2, 0.25) is 0 Å². The van der Waals surface area contributed by atoms with Crippen LogP contribution in [0.25, 0.3) is 0 Å². The number of carbonyl (C=O) groups is 1. The molecule has 1 heterocycles. The molecular weight excluding hydrogens is 158 g/mol. The first kappa shape index (κ1) is 9.48. The minimum Gasteiger partial charge on any atom is -0.481 e. The second kappa shape index (κ2) is 4.42. The Balaban J connectivity index is 2.17. The summed E-state index contributed by atoms with van der Waals surface area (Å²) in [5, 5.41) is 8.42. The molecule has 0 aliphatic carbocycles. The monoisotopic (exact) mass is 173 g/mol. The summed E-state index contributed by atoms with van der Waals surface area (Å²) in [5.41, 5.74) is 5.78. The lowest BCUT2D eigenvalue weighted by molar-refractivity contribution is -0.137. The first-order valence-corrected chi connectivity index (χ1v) is 4.25. The smallest absolute Gasteiger partial charge is 0.303 e. The third kappa shape index (κ3) is 2.79. The van der Waals surface area contributed by atoms with Crippen LogP contribution in [0, 0.1) is 5.92 Å². The number of aliphatic carboxylic acids is 1. The molecule has 1 saturated heterocycles. The highest BCUT2D eigenvalue weighted by atomic mass is 16.5. The molecule has 0 spiro atoms. The van der Waals surface area contributed by atoms with Crippen molar-refractivity contribution in [1.82, 2.24) is 0 Å². The molecule has 4 nitrogen and oxygen atoms in total. The molecule has 0 bridgehead atoms. The molecule has 0 saturated carbocycles. The third-order valence-corrected chi connectivity index (χ3v) is 2.26. The molecule has 1 aliphatic rings. The van der Waals surface area contributed by atoms with Crippen LogP contribution in [0.2, 0.25) is 0 Å². The van der Waals surface area contributed by atoms with Crippen molar-refractivity contribution in [2.75, 3.05) is 13.2 Å². The highest BCUT2D eigenvalue weighted by Crippen LogP contribution is 2.17. The van der Waals surface area contributed by atoms with Crippen LogP contribution in [0.1, 0.15) is 19.3 Å². The van der Waals surface area contributed by atoms with E-state index < -0.39 is 5.97 Å². The van der Waals surface area contributed by atoms with E-state index in [1.807, 2.05) is 0 Å². The number of carboxylic acids is 1. The average Bonchev–Trinajstić information content (AvgIpc) is 2.51. The number of rotatable bonds is 4. The Bertz CT molecular complexity index is 154. The maximum Gasteiger partial charge on any atom is 0.303 e. The molecule has 0 aromatic rings. The van der Waals surface area contributed by atoms with Crippen LogP contribution in [0.3, 0.4) is 0 Å². The topological polar surface area (TPSA) is 72.6 Å². The van der Waals surface area contributed by atoms with E-state index in [2.05, 4.69) is 0 Å². The summed E-state index contributed by atoms with van der Waals surface area (Å²) in [6.45, 7) is 1.46. The summed E-state index contributed by atoms with van der Waals surface area (Å²) in [5.74, 6) is -0.409. The molecule has 2 atom stereocenters. The van der Waals surface area contributed by atoms with Gasteiger partial charge in [0.1, 0.15) is 0 Å². The molecule has 2 unspecified atom stereocenters. The summed E-state index contributed by atoms with van der Waals surface area (Å²) < 4.78 is 5.16. The molecule has 12 heavy (non-hydrogen) atoms. The lowest BCUT2D eigenvalue weighted by Crippen LogP contribution is -2.30. The SMILES string of the molecule is NC(CCC(=O)O)C1CCOC1. The summed E-state index contributed by atoms with van der Waals surface area (Å²) in [6, 6.07) is -0.0106. The van der Waals surface area contributed by atoms with Crippen LogP contribution in [0.4, 0.5) is 0 Å². The molecule has 1 fully saturated rings. The molecule has 3 N–H and O–H groups in total. The second-order valence-electron chi connectivity index (χ2n) is 3.22. The van der Waals surface area contributed by atoms with Gasteiger partial charge in [-0.1, -0.05) is 0 Å². The molecule has 1 rings (SSSR count). The van der Waals surface area contributed by atoms with E-state index >= 15 is 0 Å². The Morgan fingerprint density at radius 3 is 3.00 bits per heavy atom. The Morgan fingerprint density at radius 1 is 1.75 bits per heavy atom. The van der Waals surface area contributed by atoms with Gasteiger partial charge in [0.15, 0.2) is 0 Å². The Labute approximate surface area is 71.7 Å². The fourth-order valence-electron chi connectivity index (χ4n) is 1.42. The average molecular weight is 173 g/mol. The quantitative estimate of drug-likeness (QED) is 0.637. The molecular formula is C8H15NO3. The van der Waals surface area contributed by atoms with Gasteiger partial charge < -0.3 is 15.6 Å². The molecule has 0 radical (unpaired) electrons. The minimum absolute atomic E-state index is 0.0106. The minimum atomic E-state index is -0.774. The Kier molecular flexibility index (Phi) is 3.49. The highest BCUT2D eigenvalue weighted by molar-refractivity contribution is 5.66. The zero-order valence-electron chi connectivity index (χ0n) is 7.03. The van der Waals surface area contributed by atoms with Gasteiger partial charge in [-0.25, -0.2) is 0 Å². The van der Waals surface area contributed by atoms with Crippen molar-refractivity contribution in [2.24, 2.45) is 11.7 Å². The number of hydrogen-bond donors (Lipinski definition) is 2. The van der Waals surface area contributed by atoms with Gasteiger partial charge in [-0.05, 0) is 18.8 Å². The highest BCUT2D eigenvalue weighted by Gasteiger charge is 2.22. The predicted octanol–water partition coefficient (Wildman–Crippen LogP) is 0.215. The number of hydrogen-bond acceptors (Lipinski definition) is 3. The van der Waals surface area contributed by atoms with Gasteiger partial charge in [0.05, 0.1) is 6.61 Å². The van der Waals surface area contributed by atoms with Crippen LogP contribution in [0.5, 0.6) is 0 Å². The van der Waals surface area contributed by atoms with Gasteiger partial charge in [-0.2, -0.15) is 0 Å². The van der Waals surface area contributed by atoms with E-state index in [1.54, 1.807) is 0 Å². The van der Waals surface area contributed by atoms with Crippen LogP contribution in [-0.4, -0.2) is 30.3 Å². The summed E-state index contributed by atoms with van der Waals surface area (Å²) in [7, 11) is 0. The summed E-state index contributed by atoms with van der Waals surface area (Å²) in [6.07, 6.45) is 1.70. The number of carboxylic acid groups (broad SMARTS) is 1. The van der Waals surface area contributed by atoms with Gasteiger partial charge in [0, 0.05) is 19.1 Å². The fourth-order valence-corrected chi connectivity index (χ4v) is 1.42. The lowest BCUT2D eigenvalue weighted by atomic mass is 9.96. The van der Waals surface area contributed by atoms with Crippen molar-refractivity contribution >= 4 is 5.97 Å².